The molecule has 0 heterocycles. The molecule has 0 aliphatic heterocycles. The molecule has 59 heavy (non-hydrogen) atoms. The zero-order chi connectivity index (χ0) is 40.2. The monoisotopic (exact) mass is 759 g/mol. The second-order valence-electron chi connectivity index (χ2n) is 15.5. The highest BCUT2D eigenvalue weighted by Crippen LogP contribution is 2.56. The first-order valence-electron chi connectivity index (χ1n) is 21.0. The number of allylic oxidation sites excluding steroid dienone is 7. The quantitative estimate of drug-likeness (QED) is 0.0886. The van der Waals surface area contributed by atoms with Gasteiger partial charge in [-0.25, -0.2) is 0 Å². The molecule has 1 atom stereocenters. The number of fused-ring (bicyclic) bond motifs is 6. The Bertz CT molecular complexity index is 2890. The third-order valence-electron chi connectivity index (χ3n) is 12.0. The summed E-state index contributed by atoms with van der Waals surface area (Å²) in [7, 11) is 0. The highest BCUT2D eigenvalue weighted by molar-refractivity contribution is 6.09. The van der Waals surface area contributed by atoms with E-state index in [9.17, 15) is 0 Å². The average Bonchev–Trinajstić information content (AvgIpc) is 3.58. The van der Waals surface area contributed by atoms with Crippen LogP contribution in [0.4, 0.5) is 17.1 Å². The van der Waals surface area contributed by atoms with Gasteiger partial charge in [0, 0.05) is 22.5 Å². The van der Waals surface area contributed by atoms with Crippen LogP contribution < -0.4 is 4.90 Å². The van der Waals surface area contributed by atoms with Crippen molar-refractivity contribution in [2.45, 2.75) is 38.5 Å². The Labute approximate surface area is 349 Å². The molecule has 286 valence electrons. The van der Waals surface area contributed by atoms with Gasteiger partial charge in [-0.1, -0.05) is 190 Å². The van der Waals surface area contributed by atoms with Gasteiger partial charge in [-0.15, -0.1) is 0 Å². The molecular formula is C58H49N. The van der Waals surface area contributed by atoms with Gasteiger partial charge in [0.25, 0.3) is 0 Å². The maximum Gasteiger partial charge on any atom is 0.0498 e. The van der Waals surface area contributed by atoms with E-state index in [1.165, 1.54) is 60.5 Å². The molecule has 0 N–H and O–H groups in total. The van der Waals surface area contributed by atoms with Crippen LogP contribution >= 0.6 is 0 Å². The van der Waals surface area contributed by atoms with Gasteiger partial charge in [-0.05, 0) is 134 Å². The SMILES string of the molecule is C=C/C(=C\CCC)c1cc(-c2ccccc2)cc(N(c2ccc3c(c2)C(C/C=C\C=C/C)(c2ccccc2)c2ccccc2-3)c2ccc3ccc4ccccc4c3c2)c1. The molecule has 1 heteroatoms. The Morgan fingerprint density at radius 1 is 0.576 bits per heavy atom. The molecule has 1 unspecified atom stereocenters. The summed E-state index contributed by atoms with van der Waals surface area (Å²) in [5.41, 5.74) is 14.1. The van der Waals surface area contributed by atoms with E-state index >= 15 is 0 Å². The number of benzene rings is 8. The average molecular weight is 760 g/mol. The first-order valence-corrected chi connectivity index (χ1v) is 21.0. The molecule has 1 nitrogen and oxygen atoms in total. The van der Waals surface area contributed by atoms with Gasteiger partial charge in [0.15, 0.2) is 0 Å². The Hall–Kier alpha value is -6.96. The van der Waals surface area contributed by atoms with Crippen molar-refractivity contribution in [1.29, 1.82) is 0 Å². The second kappa shape index (κ2) is 16.5. The first kappa shape index (κ1) is 37.6. The van der Waals surface area contributed by atoms with E-state index in [1.807, 2.05) is 6.08 Å². The Morgan fingerprint density at radius 2 is 1.25 bits per heavy atom. The highest BCUT2D eigenvalue weighted by Gasteiger charge is 2.44. The van der Waals surface area contributed by atoms with E-state index in [0.717, 1.165) is 47.5 Å². The van der Waals surface area contributed by atoms with Crippen molar-refractivity contribution in [1.82, 2.24) is 0 Å². The van der Waals surface area contributed by atoms with Gasteiger partial charge in [0.2, 0.25) is 0 Å². The van der Waals surface area contributed by atoms with Gasteiger partial charge >= 0.3 is 0 Å². The zero-order valence-electron chi connectivity index (χ0n) is 34.0. The third-order valence-corrected chi connectivity index (χ3v) is 12.0. The minimum atomic E-state index is -0.386. The van der Waals surface area contributed by atoms with Gasteiger partial charge in [-0.3, -0.25) is 0 Å². The third kappa shape index (κ3) is 6.94. The summed E-state index contributed by atoms with van der Waals surface area (Å²) in [6.45, 7) is 8.60. The van der Waals surface area contributed by atoms with Crippen LogP contribution in [0.1, 0.15) is 55.4 Å². The Kier molecular flexibility index (Phi) is 10.5. The molecule has 0 saturated heterocycles. The molecule has 0 radical (unpaired) electrons. The molecule has 0 spiro atoms. The van der Waals surface area contributed by atoms with Crippen molar-refractivity contribution in [3.8, 4) is 22.3 Å². The fourth-order valence-electron chi connectivity index (χ4n) is 9.20. The van der Waals surface area contributed by atoms with Crippen LogP contribution in [0.25, 0.3) is 49.4 Å². The number of hydrogen-bond acceptors (Lipinski definition) is 1. The predicted molar refractivity (Wildman–Crippen MR) is 255 cm³/mol. The van der Waals surface area contributed by atoms with Crippen molar-refractivity contribution in [3.63, 3.8) is 0 Å². The van der Waals surface area contributed by atoms with E-state index in [1.54, 1.807) is 0 Å². The van der Waals surface area contributed by atoms with E-state index < -0.39 is 0 Å². The fraction of sp³-hybridized carbons (Fsp3) is 0.103. The molecule has 1 aliphatic rings. The van der Waals surface area contributed by atoms with E-state index in [-0.39, 0.29) is 5.41 Å². The Morgan fingerprint density at radius 3 is 2.05 bits per heavy atom. The van der Waals surface area contributed by atoms with Crippen LogP contribution in [0, 0.1) is 0 Å². The summed E-state index contributed by atoms with van der Waals surface area (Å²) >= 11 is 0. The van der Waals surface area contributed by atoms with Crippen LogP contribution in [0.3, 0.4) is 0 Å². The van der Waals surface area contributed by atoms with Crippen molar-refractivity contribution in [2.75, 3.05) is 4.90 Å². The summed E-state index contributed by atoms with van der Waals surface area (Å²) in [5.74, 6) is 0. The summed E-state index contributed by atoms with van der Waals surface area (Å²) < 4.78 is 0. The number of hydrogen-bond donors (Lipinski definition) is 0. The first-order chi connectivity index (χ1) is 29.1. The van der Waals surface area contributed by atoms with Crippen molar-refractivity contribution >= 4 is 44.2 Å². The van der Waals surface area contributed by atoms with Crippen LogP contribution in [0.15, 0.2) is 219 Å². The normalized spacial score (nSPS) is 14.9. The maximum atomic E-state index is 4.29. The highest BCUT2D eigenvalue weighted by atomic mass is 15.1. The van der Waals surface area contributed by atoms with Gasteiger partial charge in [-0.2, -0.15) is 0 Å². The maximum absolute atomic E-state index is 4.29. The fourth-order valence-corrected chi connectivity index (χ4v) is 9.20. The largest absolute Gasteiger partial charge is 0.310 e. The lowest BCUT2D eigenvalue weighted by Crippen LogP contribution is -2.26. The molecule has 0 amide bonds. The number of anilines is 3. The van der Waals surface area contributed by atoms with Crippen LogP contribution in [-0.4, -0.2) is 0 Å². The van der Waals surface area contributed by atoms with Crippen molar-refractivity contribution in [2.24, 2.45) is 0 Å². The van der Waals surface area contributed by atoms with Crippen molar-refractivity contribution < 1.29 is 0 Å². The second-order valence-corrected chi connectivity index (χ2v) is 15.5. The van der Waals surface area contributed by atoms with Gasteiger partial charge in [0.05, 0.1) is 0 Å². The predicted octanol–water partition coefficient (Wildman–Crippen LogP) is 16.3. The molecule has 0 bridgehead atoms. The van der Waals surface area contributed by atoms with E-state index in [0.29, 0.717) is 0 Å². The van der Waals surface area contributed by atoms with E-state index in [4.69, 9.17) is 0 Å². The summed E-state index contributed by atoms with van der Waals surface area (Å²) in [5, 5.41) is 4.95. The Balaban J connectivity index is 1.34. The summed E-state index contributed by atoms with van der Waals surface area (Å²) in [6.07, 6.45) is 16.0. The van der Waals surface area contributed by atoms with Crippen LogP contribution in [-0.2, 0) is 5.41 Å². The lowest BCUT2D eigenvalue weighted by Gasteiger charge is -2.33. The summed E-state index contributed by atoms with van der Waals surface area (Å²) in [6, 6.07) is 65.3. The molecule has 8 aromatic rings. The topological polar surface area (TPSA) is 3.24 Å². The standard InChI is InChI=1S/C58H49N/c1-4-7-9-20-36-58(48-25-14-11-15-26-48)56-29-19-18-28-53(56)54-35-34-50(41-57(54)58)59(49-33-32-45-31-30-44-24-16-17-27-52(44)55(45)40-49)51-38-46(42(6-3)21-8-5-2)37-47(39-51)43-22-12-10-13-23-43/h4,6-7,9-35,37-41H,3,5,8,36H2,1-2H3/b7-4-,20-9-,42-21+. The van der Waals surface area contributed by atoms with Gasteiger partial charge in [0.1, 0.15) is 0 Å². The molecule has 0 fully saturated rings. The van der Waals surface area contributed by atoms with Crippen LogP contribution in [0.5, 0.6) is 0 Å². The number of unbranched alkanes of at least 4 members (excludes halogenated alkanes) is 1. The summed E-state index contributed by atoms with van der Waals surface area (Å²) in [4.78, 5) is 2.48. The molecular weight excluding hydrogens is 711 g/mol. The lowest BCUT2D eigenvalue weighted by molar-refractivity contribution is 0.645. The minimum Gasteiger partial charge on any atom is -0.310 e. The van der Waals surface area contributed by atoms with Gasteiger partial charge < -0.3 is 4.90 Å². The molecule has 0 saturated carbocycles. The molecule has 1 aliphatic carbocycles. The number of rotatable bonds is 12. The molecule has 0 aromatic heterocycles. The van der Waals surface area contributed by atoms with E-state index in [2.05, 4.69) is 232 Å². The van der Waals surface area contributed by atoms with Crippen molar-refractivity contribution in [3.05, 3.63) is 241 Å². The minimum absolute atomic E-state index is 0.386. The molecule has 9 rings (SSSR count). The number of nitrogens with zero attached hydrogens (tertiary/aromatic N) is 1. The van der Waals surface area contributed by atoms with Crippen LogP contribution in [0.2, 0.25) is 0 Å². The lowest BCUT2D eigenvalue weighted by atomic mass is 9.70. The molecule has 8 aromatic carbocycles. The smallest absolute Gasteiger partial charge is 0.0498 e. The zero-order valence-corrected chi connectivity index (χ0v) is 34.0.